The number of nitrogens with one attached hydrogen (secondary N) is 1. The minimum Gasteiger partial charge on any atom is -0.485 e. The van der Waals surface area contributed by atoms with Crippen LogP contribution in [0.1, 0.15) is 38.9 Å². The maximum atomic E-state index is 13.9. The number of rotatable bonds is 5. The first kappa shape index (κ1) is 20.2. The van der Waals surface area contributed by atoms with Crippen LogP contribution in [-0.2, 0) is 13.0 Å². The van der Waals surface area contributed by atoms with Crippen molar-refractivity contribution in [2.24, 2.45) is 0 Å². The molecule has 0 fully saturated rings. The van der Waals surface area contributed by atoms with Gasteiger partial charge in [-0.3, -0.25) is 9.20 Å². The zero-order valence-electron chi connectivity index (χ0n) is 17.5. The predicted molar refractivity (Wildman–Crippen MR) is 117 cm³/mol. The number of aryl methyl sites for hydroxylation is 1. The molecule has 7 heteroatoms. The third kappa shape index (κ3) is 3.50. The van der Waals surface area contributed by atoms with E-state index >= 15 is 0 Å². The molecule has 1 aliphatic rings. The highest BCUT2D eigenvalue weighted by Gasteiger charge is 2.33. The Hall–Kier alpha value is -3.71. The van der Waals surface area contributed by atoms with Crippen molar-refractivity contribution in [2.75, 3.05) is 0 Å². The molecule has 1 amide bonds. The lowest BCUT2D eigenvalue weighted by atomic mass is 10.1. The quantitative estimate of drug-likeness (QED) is 0.505. The minimum absolute atomic E-state index is 0.0465. The molecule has 2 atom stereocenters. The Kier molecular flexibility index (Phi) is 5.11. The van der Waals surface area contributed by atoms with Crippen LogP contribution in [0, 0.1) is 12.7 Å². The van der Waals surface area contributed by atoms with Crippen molar-refractivity contribution < 1.29 is 19.0 Å². The molecule has 2 aromatic carbocycles. The molecule has 162 valence electrons. The molecule has 2 heterocycles. The van der Waals surface area contributed by atoms with Crippen molar-refractivity contribution in [1.29, 1.82) is 0 Å². The molecule has 2 aromatic heterocycles. The van der Waals surface area contributed by atoms with Crippen molar-refractivity contribution in [3.8, 4) is 5.75 Å². The Morgan fingerprint density at radius 1 is 1.19 bits per heavy atom. The number of hydrogen-bond acceptors (Lipinski definition) is 4. The smallest absolute Gasteiger partial charge is 0.270 e. The summed E-state index contributed by atoms with van der Waals surface area (Å²) in [7, 11) is 0. The number of nitrogens with zero attached hydrogens (tertiary/aromatic N) is 2. The summed E-state index contributed by atoms with van der Waals surface area (Å²) in [6.45, 7) is 1.80. The second-order valence-electron chi connectivity index (χ2n) is 7.91. The van der Waals surface area contributed by atoms with Gasteiger partial charge in [0, 0.05) is 18.2 Å². The van der Waals surface area contributed by atoms with Crippen LogP contribution < -0.4 is 10.1 Å². The number of ether oxygens (including phenoxy) is 1. The largest absolute Gasteiger partial charge is 0.485 e. The van der Waals surface area contributed by atoms with Crippen molar-refractivity contribution in [3.05, 3.63) is 101 Å². The van der Waals surface area contributed by atoms with E-state index in [1.807, 2.05) is 24.3 Å². The van der Waals surface area contributed by atoms with E-state index in [4.69, 9.17) is 4.74 Å². The van der Waals surface area contributed by atoms with Gasteiger partial charge in [0.05, 0.1) is 17.8 Å². The number of benzene rings is 2. The number of aromatic nitrogens is 2. The van der Waals surface area contributed by atoms with Gasteiger partial charge in [0.25, 0.3) is 5.91 Å². The molecule has 1 aliphatic carbocycles. The van der Waals surface area contributed by atoms with Gasteiger partial charge in [-0.15, -0.1) is 0 Å². The van der Waals surface area contributed by atoms with Gasteiger partial charge in [-0.1, -0.05) is 42.5 Å². The number of carbonyl (C=O) groups excluding carboxylic acids is 1. The number of aliphatic hydroxyl groups is 1. The maximum Gasteiger partial charge on any atom is 0.270 e. The summed E-state index contributed by atoms with van der Waals surface area (Å²) >= 11 is 0. The summed E-state index contributed by atoms with van der Waals surface area (Å²) in [5.74, 6) is -0.222. The number of carbonyl (C=O) groups is 1. The minimum atomic E-state index is -0.685. The number of halogens is 1. The molecule has 0 bridgehead atoms. The van der Waals surface area contributed by atoms with Gasteiger partial charge < -0.3 is 15.2 Å². The summed E-state index contributed by atoms with van der Waals surface area (Å²) in [5.41, 5.74) is 3.76. The third-order valence-corrected chi connectivity index (χ3v) is 5.84. The first-order valence-corrected chi connectivity index (χ1v) is 10.4. The lowest BCUT2D eigenvalue weighted by Gasteiger charge is -2.18. The first-order valence-electron chi connectivity index (χ1n) is 10.4. The highest BCUT2D eigenvalue weighted by molar-refractivity contribution is 5.95. The fourth-order valence-electron chi connectivity index (χ4n) is 4.27. The molecule has 5 rings (SSSR count). The zero-order chi connectivity index (χ0) is 22.2. The van der Waals surface area contributed by atoms with Crippen LogP contribution in [-0.4, -0.2) is 26.5 Å². The molecule has 0 aliphatic heterocycles. The predicted octanol–water partition coefficient (Wildman–Crippen LogP) is 3.75. The van der Waals surface area contributed by atoms with E-state index in [-0.39, 0.29) is 18.3 Å². The van der Waals surface area contributed by atoms with Crippen molar-refractivity contribution in [3.63, 3.8) is 0 Å². The van der Waals surface area contributed by atoms with E-state index < -0.39 is 12.1 Å². The Balaban J connectivity index is 1.43. The second kappa shape index (κ2) is 8.09. The Morgan fingerprint density at radius 3 is 2.81 bits per heavy atom. The van der Waals surface area contributed by atoms with E-state index in [2.05, 4.69) is 10.3 Å². The van der Waals surface area contributed by atoms with E-state index in [1.54, 1.807) is 47.9 Å². The van der Waals surface area contributed by atoms with Crippen LogP contribution in [0.4, 0.5) is 4.39 Å². The monoisotopic (exact) mass is 431 g/mol. The van der Waals surface area contributed by atoms with Crippen LogP contribution in [0.25, 0.3) is 5.65 Å². The van der Waals surface area contributed by atoms with Gasteiger partial charge in [0.2, 0.25) is 0 Å². The van der Waals surface area contributed by atoms with Crippen LogP contribution in [0.3, 0.4) is 0 Å². The fourth-order valence-corrected chi connectivity index (χ4v) is 4.27. The van der Waals surface area contributed by atoms with Gasteiger partial charge in [-0.05, 0) is 36.2 Å². The first-order chi connectivity index (χ1) is 15.5. The summed E-state index contributed by atoms with van der Waals surface area (Å²) in [6, 6.07) is 17.1. The Bertz CT molecular complexity index is 1320. The van der Waals surface area contributed by atoms with Gasteiger partial charge in [0.15, 0.2) is 11.4 Å². The topological polar surface area (TPSA) is 75.9 Å². The molecule has 0 radical (unpaired) electrons. The second-order valence-corrected chi connectivity index (χ2v) is 7.91. The molecular formula is C25H22FN3O3. The van der Waals surface area contributed by atoms with Gasteiger partial charge in [0.1, 0.15) is 18.1 Å². The van der Waals surface area contributed by atoms with Crippen LogP contribution in [0.15, 0.2) is 66.9 Å². The van der Waals surface area contributed by atoms with Crippen molar-refractivity contribution in [1.82, 2.24) is 14.7 Å². The van der Waals surface area contributed by atoms with Crippen molar-refractivity contribution >= 4 is 11.6 Å². The molecule has 0 unspecified atom stereocenters. The average Bonchev–Trinajstić information content (AvgIpc) is 3.29. The molecular weight excluding hydrogens is 409 g/mol. The molecule has 0 saturated carbocycles. The average molecular weight is 431 g/mol. The van der Waals surface area contributed by atoms with Gasteiger partial charge >= 0.3 is 0 Å². The number of imidazole rings is 1. The number of fused-ring (bicyclic) bond motifs is 2. The Labute approximate surface area is 184 Å². The highest BCUT2D eigenvalue weighted by atomic mass is 19.1. The zero-order valence-corrected chi connectivity index (χ0v) is 17.5. The fraction of sp³-hybridized carbons (Fsp3) is 0.200. The summed E-state index contributed by atoms with van der Waals surface area (Å²) in [6.07, 6.45) is 1.55. The van der Waals surface area contributed by atoms with Gasteiger partial charge in [-0.2, -0.15) is 0 Å². The normalized spacial score (nSPS) is 17.3. The molecule has 0 saturated heterocycles. The van der Waals surface area contributed by atoms with E-state index in [1.165, 1.54) is 6.07 Å². The number of amides is 1. The van der Waals surface area contributed by atoms with E-state index in [0.29, 0.717) is 34.8 Å². The molecule has 2 N–H and O–H groups in total. The summed E-state index contributed by atoms with van der Waals surface area (Å²) < 4.78 is 21.4. The summed E-state index contributed by atoms with van der Waals surface area (Å²) in [5, 5.41) is 13.5. The molecule has 6 nitrogen and oxygen atoms in total. The van der Waals surface area contributed by atoms with Crippen LogP contribution in [0.5, 0.6) is 5.75 Å². The maximum absolute atomic E-state index is 13.9. The summed E-state index contributed by atoms with van der Waals surface area (Å²) in [4.78, 5) is 17.7. The van der Waals surface area contributed by atoms with E-state index in [0.717, 1.165) is 11.1 Å². The van der Waals surface area contributed by atoms with E-state index in [9.17, 15) is 14.3 Å². The number of aliphatic hydroxyl groups excluding tert-OH is 1. The number of pyridine rings is 1. The standard InChI is InChI=1S/C25H22FN3O3/c1-15-23(25(31)28-22-18-9-4-2-7-16(18)13-20(22)30)29-12-6-11-21(24(29)27-15)32-14-17-8-3-5-10-19(17)26/h2-12,20,22,30H,13-14H2,1H3,(H,28,31)/t20-,22-/m1/s1. The van der Waals surface area contributed by atoms with Crippen molar-refractivity contribution in [2.45, 2.75) is 32.1 Å². The lowest BCUT2D eigenvalue weighted by Crippen LogP contribution is -2.34. The SMILES string of the molecule is Cc1nc2c(OCc3ccccc3F)cccn2c1C(=O)N[C@@H]1c2ccccc2C[C@H]1O. The highest BCUT2D eigenvalue weighted by Crippen LogP contribution is 2.32. The number of hydrogen-bond donors (Lipinski definition) is 2. The molecule has 0 spiro atoms. The van der Waals surface area contributed by atoms with Gasteiger partial charge in [-0.25, -0.2) is 9.37 Å². The van der Waals surface area contributed by atoms with Crippen LogP contribution >= 0.6 is 0 Å². The van der Waals surface area contributed by atoms with Crippen LogP contribution in [0.2, 0.25) is 0 Å². The third-order valence-electron chi connectivity index (χ3n) is 5.84. The molecule has 4 aromatic rings. The molecule has 32 heavy (non-hydrogen) atoms. The Morgan fingerprint density at radius 2 is 1.97 bits per heavy atom. The lowest BCUT2D eigenvalue weighted by molar-refractivity contribution is 0.0852.